The molecule has 2 nitrogen and oxygen atoms in total. The van der Waals surface area contributed by atoms with Crippen LogP contribution >= 0.6 is 11.6 Å². The van der Waals surface area contributed by atoms with Gasteiger partial charge in [0.2, 0.25) is 0 Å². The standard InChI is InChI=1S/C17H18ClNO/c1-17(12-6-4-3-5-7-12)10-14-15(19-11-17)8-13(18)9-16(14)20-2/h3-9,19H,10-11H2,1-2H3/i10D,11D. The van der Waals surface area contributed by atoms with Gasteiger partial charge < -0.3 is 10.1 Å². The maximum Gasteiger partial charge on any atom is 0.125 e. The highest BCUT2D eigenvalue weighted by Crippen LogP contribution is 2.41. The normalized spacial score (nSPS) is 29.8. The van der Waals surface area contributed by atoms with E-state index < -0.39 is 18.3 Å². The van der Waals surface area contributed by atoms with Gasteiger partial charge in [-0.25, -0.2) is 0 Å². The van der Waals surface area contributed by atoms with Gasteiger partial charge in [0.05, 0.1) is 7.11 Å². The lowest BCUT2D eigenvalue weighted by molar-refractivity contribution is 0.397. The van der Waals surface area contributed by atoms with E-state index in [9.17, 15) is 0 Å². The fourth-order valence-corrected chi connectivity index (χ4v) is 2.77. The summed E-state index contributed by atoms with van der Waals surface area (Å²) >= 11 is 6.10. The van der Waals surface area contributed by atoms with Gasteiger partial charge in [0.15, 0.2) is 0 Å². The average molecular weight is 290 g/mol. The Kier molecular flexibility index (Phi) is 2.77. The molecule has 1 aliphatic heterocycles. The van der Waals surface area contributed by atoms with Crippen molar-refractivity contribution in [2.75, 3.05) is 18.9 Å². The Morgan fingerprint density at radius 3 is 2.75 bits per heavy atom. The molecule has 1 N–H and O–H groups in total. The number of rotatable bonds is 2. The summed E-state index contributed by atoms with van der Waals surface area (Å²) in [6, 6.07) is 13.2. The monoisotopic (exact) mass is 289 g/mol. The molecular formula is C17H18ClNO. The lowest BCUT2D eigenvalue weighted by Gasteiger charge is -2.37. The van der Waals surface area contributed by atoms with Crippen LogP contribution in [0.2, 0.25) is 5.02 Å². The lowest BCUT2D eigenvalue weighted by Crippen LogP contribution is -2.37. The molecule has 0 radical (unpaired) electrons. The van der Waals surface area contributed by atoms with Crippen molar-refractivity contribution < 1.29 is 7.48 Å². The van der Waals surface area contributed by atoms with Gasteiger partial charge >= 0.3 is 0 Å². The predicted octanol–water partition coefficient (Wildman–Crippen LogP) is 4.27. The summed E-state index contributed by atoms with van der Waals surface area (Å²) in [6.07, 6.45) is -0.624. The van der Waals surface area contributed by atoms with Gasteiger partial charge in [0.25, 0.3) is 0 Å². The summed E-state index contributed by atoms with van der Waals surface area (Å²) in [5.74, 6) is 0.587. The Hall–Kier alpha value is -1.67. The second-order valence-electron chi connectivity index (χ2n) is 5.15. The first-order valence-corrected chi connectivity index (χ1v) is 6.90. The molecule has 0 spiro atoms. The minimum Gasteiger partial charge on any atom is -0.496 e. The number of anilines is 1. The minimum atomic E-state index is -0.685. The molecule has 3 heteroatoms. The third kappa shape index (κ3) is 2.25. The van der Waals surface area contributed by atoms with Gasteiger partial charge in [-0.3, -0.25) is 0 Å². The maximum absolute atomic E-state index is 8.81. The third-order valence-electron chi connectivity index (χ3n) is 3.69. The number of benzene rings is 2. The van der Waals surface area contributed by atoms with Crippen molar-refractivity contribution in [3.05, 3.63) is 58.6 Å². The quantitative estimate of drug-likeness (QED) is 0.891. The molecule has 0 aliphatic carbocycles. The molecule has 3 rings (SSSR count). The van der Waals surface area contributed by atoms with Crippen molar-refractivity contribution in [3.8, 4) is 5.75 Å². The topological polar surface area (TPSA) is 21.3 Å². The van der Waals surface area contributed by atoms with Crippen LogP contribution in [-0.2, 0) is 11.8 Å². The minimum absolute atomic E-state index is 0.533. The SMILES string of the molecule is [2H]C1Nc2cc(Cl)cc(OC)c2C([2H])C1(C)c1ccccc1. The molecule has 3 atom stereocenters. The molecule has 0 saturated heterocycles. The van der Waals surface area contributed by atoms with Gasteiger partial charge in [0.1, 0.15) is 5.75 Å². The van der Waals surface area contributed by atoms with Gasteiger partial charge in [-0.1, -0.05) is 48.9 Å². The first-order chi connectivity index (χ1) is 10.5. The molecule has 0 saturated carbocycles. The van der Waals surface area contributed by atoms with Crippen LogP contribution < -0.4 is 10.1 Å². The van der Waals surface area contributed by atoms with E-state index >= 15 is 0 Å². The number of halogens is 1. The Morgan fingerprint density at radius 1 is 1.30 bits per heavy atom. The van der Waals surface area contributed by atoms with E-state index in [4.69, 9.17) is 19.1 Å². The van der Waals surface area contributed by atoms with Crippen LogP contribution in [0.15, 0.2) is 42.5 Å². The molecule has 0 amide bonds. The Bertz CT molecular complexity index is 695. The molecule has 0 bridgehead atoms. The Morgan fingerprint density at radius 2 is 2.05 bits per heavy atom. The number of hydrogen-bond donors (Lipinski definition) is 1. The summed E-state index contributed by atoms with van der Waals surface area (Å²) in [5, 5.41) is 3.71. The van der Waals surface area contributed by atoms with Crippen LogP contribution in [0.25, 0.3) is 0 Å². The molecule has 0 aromatic heterocycles. The van der Waals surface area contributed by atoms with Crippen LogP contribution in [0.5, 0.6) is 5.75 Å². The molecule has 2 aromatic rings. The zero-order chi connectivity index (χ0) is 15.9. The molecule has 0 fully saturated rings. The molecule has 104 valence electrons. The highest BCUT2D eigenvalue weighted by molar-refractivity contribution is 6.31. The summed E-state index contributed by atoms with van der Waals surface area (Å²) in [6.45, 7) is 1.30. The Balaban J connectivity index is 2.19. The number of nitrogens with one attached hydrogen (secondary N) is 1. The summed E-state index contributed by atoms with van der Waals surface area (Å²) in [5.41, 5.74) is 1.74. The van der Waals surface area contributed by atoms with E-state index in [2.05, 4.69) is 5.32 Å². The average Bonchev–Trinajstić information content (AvgIpc) is 2.52. The number of methoxy groups -OCH3 is 1. The number of ether oxygens (including phenoxy) is 1. The second-order valence-corrected chi connectivity index (χ2v) is 5.59. The van der Waals surface area contributed by atoms with Crippen LogP contribution in [0, 0.1) is 0 Å². The predicted molar refractivity (Wildman–Crippen MR) is 84.0 cm³/mol. The summed E-state index contributed by atoms with van der Waals surface area (Å²) in [4.78, 5) is 0. The Labute approximate surface area is 127 Å². The molecule has 1 heterocycles. The van der Waals surface area contributed by atoms with Crippen LogP contribution in [0.1, 0.15) is 20.8 Å². The van der Waals surface area contributed by atoms with E-state index in [0.717, 1.165) is 11.1 Å². The van der Waals surface area contributed by atoms with Crippen molar-refractivity contribution in [2.45, 2.75) is 18.7 Å². The zero-order valence-corrected chi connectivity index (χ0v) is 12.2. The highest BCUT2D eigenvalue weighted by atomic mass is 35.5. The van der Waals surface area contributed by atoms with Gasteiger partial charge in [-0.15, -0.1) is 0 Å². The van der Waals surface area contributed by atoms with E-state index in [0.29, 0.717) is 16.5 Å². The van der Waals surface area contributed by atoms with Crippen molar-refractivity contribution in [1.82, 2.24) is 0 Å². The second kappa shape index (κ2) is 5.02. The van der Waals surface area contributed by atoms with Gasteiger partial charge in [0, 0.05) is 31.0 Å². The first kappa shape index (κ1) is 11.0. The number of fused-ring (bicyclic) bond motifs is 1. The largest absolute Gasteiger partial charge is 0.496 e. The van der Waals surface area contributed by atoms with Crippen molar-refractivity contribution in [1.29, 1.82) is 0 Å². The molecular weight excluding hydrogens is 270 g/mol. The van der Waals surface area contributed by atoms with Crippen molar-refractivity contribution in [3.63, 3.8) is 0 Å². The third-order valence-corrected chi connectivity index (χ3v) is 3.91. The molecule has 3 unspecified atom stereocenters. The van der Waals surface area contributed by atoms with Crippen molar-refractivity contribution in [2.24, 2.45) is 0 Å². The fraction of sp³-hybridized carbons (Fsp3) is 0.294. The van der Waals surface area contributed by atoms with E-state index in [1.54, 1.807) is 19.2 Å². The van der Waals surface area contributed by atoms with E-state index in [1.807, 2.05) is 37.3 Å². The number of hydrogen-bond acceptors (Lipinski definition) is 2. The van der Waals surface area contributed by atoms with E-state index in [-0.39, 0.29) is 0 Å². The lowest BCUT2D eigenvalue weighted by atomic mass is 9.74. The maximum atomic E-state index is 8.81. The van der Waals surface area contributed by atoms with E-state index in [1.165, 1.54) is 0 Å². The smallest absolute Gasteiger partial charge is 0.125 e. The molecule has 1 aliphatic rings. The highest BCUT2D eigenvalue weighted by Gasteiger charge is 2.33. The zero-order valence-electron chi connectivity index (χ0n) is 13.5. The summed E-state index contributed by atoms with van der Waals surface area (Å²) in [7, 11) is 1.57. The summed E-state index contributed by atoms with van der Waals surface area (Å²) < 4.78 is 22.7. The van der Waals surface area contributed by atoms with Crippen LogP contribution in [0.4, 0.5) is 5.69 Å². The first-order valence-electron chi connectivity index (χ1n) is 7.68. The fourth-order valence-electron chi connectivity index (χ4n) is 2.56. The van der Waals surface area contributed by atoms with Gasteiger partial charge in [-0.2, -0.15) is 0 Å². The van der Waals surface area contributed by atoms with Gasteiger partial charge in [-0.05, 0) is 24.1 Å². The molecule has 20 heavy (non-hydrogen) atoms. The van der Waals surface area contributed by atoms with Crippen LogP contribution in [-0.4, -0.2) is 13.6 Å². The molecule has 2 aromatic carbocycles. The van der Waals surface area contributed by atoms with Crippen LogP contribution in [0.3, 0.4) is 0 Å². The van der Waals surface area contributed by atoms with Crippen molar-refractivity contribution >= 4 is 17.3 Å².